The zero-order chi connectivity index (χ0) is 23.9. The first-order chi connectivity index (χ1) is 16.4. The molecule has 0 saturated carbocycles. The third-order valence-corrected chi connectivity index (χ3v) is 6.15. The highest BCUT2D eigenvalue weighted by Gasteiger charge is 1.96. The van der Waals surface area contributed by atoms with Crippen molar-refractivity contribution in [2.24, 2.45) is 0 Å². The van der Waals surface area contributed by atoms with Crippen molar-refractivity contribution in [1.82, 2.24) is 0 Å². The van der Waals surface area contributed by atoms with Crippen molar-refractivity contribution in [3.8, 4) is 0 Å². The molecule has 33 heavy (non-hydrogen) atoms. The molecule has 0 aliphatic heterocycles. The fraction of sp³-hybridized carbons (Fsp3) is 1.00. The summed E-state index contributed by atoms with van der Waals surface area (Å²) in [5.74, 6) is 0. The summed E-state index contributed by atoms with van der Waals surface area (Å²) in [5.41, 5.74) is 0. The normalized spacial score (nSPS) is 11.5. The quantitative estimate of drug-likeness (QED) is 0.0982. The van der Waals surface area contributed by atoms with Gasteiger partial charge in [0, 0.05) is 13.2 Å². The molecule has 0 saturated heterocycles. The molecule has 0 rings (SSSR count). The zero-order valence-corrected chi connectivity index (χ0v) is 22.7. The van der Waals surface area contributed by atoms with Crippen LogP contribution in [0.1, 0.15) is 136 Å². The number of hydrogen-bond donors (Lipinski definition) is 0. The molecule has 0 fully saturated rings. The molecule has 0 aromatic rings. The largest absolute Gasteiger partial charge is 0.379 e. The van der Waals surface area contributed by atoms with E-state index in [1.165, 1.54) is 122 Å². The summed E-state index contributed by atoms with van der Waals surface area (Å²) in [6.45, 7) is 10.3. The third-order valence-electron chi connectivity index (χ3n) is 6.15. The van der Waals surface area contributed by atoms with Crippen LogP contribution in [0.25, 0.3) is 0 Å². The van der Waals surface area contributed by atoms with Crippen LogP contribution in [0.15, 0.2) is 0 Å². The molecule has 0 bridgehead atoms. The fourth-order valence-electron chi connectivity index (χ4n) is 3.97. The third kappa shape index (κ3) is 31.8. The Labute approximate surface area is 207 Å². The van der Waals surface area contributed by atoms with E-state index in [1.54, 1.807) is 0 Å². The number of ether oxygens (including phenoxy) is 4. The number of rotatable bonds is 30. The SMILES string of the molecule is CCCCCCCCCCCCCCCOCCOCCOCCOCCCCCCCC. The zero-order valence-electron chi connectivity index (χ0n) is 22.7. The first-order valence-corrected chi connectivity index (χ1v) is 14.7. The van der Waals surface area contributed by atoms with Gasteiger partial charge in [-0.2, -0.15) is 0 Å². The Morgan fingerprint density at radius 1 is 0.242 bits per heavy atom. The molecule has 4 heteroatoms. The molecular formula is C29H60O4. The molecule has 0 heterocycles. The molecule has 0 unspecified atom stereocenters. The summed E-state index contributed by atoms with van der Waals surface area (Å²) >= 11 is 0. The monoisotopic (exact) mass is 472 g/mol. The number of hydrogen-bond acceptors (Lipinski definition) is 4. The van der Waals surface area contributed by atoms with Gasteiger partial charge in [0.2, 0.25) is 0 Å². The van der Waals surface area contributed by atoms with E-state index in [2.05, 4.69) is 13.8 Å². The van der Waals surface area contributed by atoms with Crippen molar-refractivity contribution in [3.05, 3.63) is 0 Å². The first kappa shape index (κ1) is 32.8. The van der Waals surface area contributed by atoms with Crippen LogP contribution in [0.3, 0.4) is 0 Å². The Morgan fingerprint density at radius 2 is 0.455 bits per heavy atom. The van der Waals surface area contributed by atoms with E-state index in [1.807, 2.05) is 0 Å². The van der Waals surface area contributed by atoms with E-state index < -0.39 is 0 Å². The molecule has 0 N–H and O–H groups in total. The lowest BCUT2D eigenvalue weighted by atomic mass is 10.0. The standard InChI is InChI=1S/C29H60O4/c1-3-5-7-9-11-12-13-14-15-16-17-19-21-23-31-25-27-33-29-28-32-26-24-30-22-20-18-10-8-6-4-2/h3-29H2,1-2H3. The van der Waals surface area contributed by atoms with Gasteiger partial charge >= 0.3 is 0 Å². The lowest BCUT2D eigenvalue weighted by Gasteiger charge is -2.08. The highest BCUT2D eigenvalue weighted by molar-refractivity contribution is 4.49. The van der Waals surface area contributed by atoms with Gasteiger partial charge in [-0.25, -0.2) is 0 Å². The molecule has 0 aliphatic rings. The Bertz CT molecular complexity index is 295. The van der Waals surface area contributed by atoms with Crippen LogP contribution >= 0.6 is 0 Å². The molecular weight excluding hydrogens is 412 g/mol. The maximum absolute atomic E-state index is 5.66. The molecule has 0 aromatic heterocycles. The highest BCUT2D eigenvalue weighted by Crippen LogP contribution is 2.12. The van der Waals surface area contributed by atoms with Gasteiger partial charge in [-0.05, 0) is 12.8 Å². The van der Waals surface area contributed by atoms with Gasteiger partial charge in [0.1, 0.15) is 0 Å². The lowest BCUT2D eigenvalue weighted by Crippen LogP contribution is -2.12. The average molecular weight is 473 g/mol. The summed E-state index contributed by atoms with van der Waals surface area (Å²) < 4.78 is 22.3. The molecule has 0 atom stereocenters. The van der Waals surface area contributed by atoms with Gasteiger partial charge in [0.15, 0.2) is 0 Å². The van der Waals surface area contributed by atoms with E-state index in [9.17, 15) is 0 Å². The van der Waals surface area contributed by atoms with Gasteiger partial charge in [-0.15, -0.1) is 0 Å². The van der Waals surface area contributed by atoms with Crippen LogP contribution in [0.5, 0.6) is 0 Å². The van der Waals surface area contributed by atoms with Crippen LogP contribution in [0.4, 0.5) is 0 Å². The fourth-order valence-corrected chi connectivity index (χ4v) is 3.97. The van der Waals surface area contributed by atoms with E-state index in [0.29, 0.717) is 39.6 Å². The Kier molecular flexibility index (Phi) is 31.7. The predicted molar refractivity (Wildman–Crippen MR) is 142 cm³/mol. The van der Waals surface area contributed by atoms with Gasteiger partial charge in [0.25, 0.3) is 0 Å². The topological polar surface area (TPSA) is 36.9 Å². The number of unbranched alkanes of at least 4 members (excludes halogenated alkanes) is 17. The summed E-state index contributed by atoms with van der Waals surface area (Å²) in [6.07, 6.45) is 25.9. The smallest absolute Gasteiger partial charge is 0.0701 e. The van der Waals surface area contributed by atoms with Crippen LogP contribution in [0, 0.1) is 0 Å². The van der Waals surface area contributed by atoms with Crippen molar-refractivity contribution in [2.45, 2.75) is 136 Å². The minimum Gasteiger partial charge on any atom is -0.379 e. The van der Waals surface area contributed by atoms with Crippen molar-refractivity contribution < 1.29 is 18.9 Å². The summed E-state index contributed by atoms with van der Waals surface area (Å²) in [5, 5.41) is 0. The molecule has 0 radical (unpaired) electrons. The Balaban J connectivity index is 2.99. The maximum Gasteiger partial charge on any atom is 0.0701 e. The second kappa shape index (κ2) is 31.8. The second-order valence-corrected chi connectivity index (χ2v) is 9.46. The van der Waals surface area contributed by atoms with E-state index in [0.717, 1.165) is 13.2 Å². The Hall–Kier alpha value is -0.160. The van der Waals surface area contributed by atoms with Gasteiger partial charge in [0.05, 0.1) is 39.6 Å². The summed E-state index contributed by atoms with van der Waals surface area (Å²) in [4.78, 5) is 0. The average Bonchev–Trinajstić information content (AvgIpc) is 2.83. The molecule has 4 nitrogen and oxygen atoms in total. The van der Waals surface area contributed by atoms with Crippen molar-refractivity contribution in [2.75, 3.05) is 52.9 Å². The second-order valence-electron chi connectivity index (χ2n) is 9.46. The minimum absolute atomic E-state index is 0.638. The van der Waals surface area contributed by atoms with Gasteiger partial charge < -0.3 is 18.9 Å². The van der Waals surface area contributed by atoms with Crippen molar-refractivity contribution in [1.29, 1.82) is 0 Å². The molecule has 0 amide bonds. The van der Waals surface area contributed by atoms with Crippen molar-refractivity contribution in [3.63, 3.8) is 0 Å². The first-order valence-electron chi connectivity index (χ1n) is 14.7. The molecule has 0 spiro atoms. The van der Waals surface area contributed by atoms with Gasteiger partial charge in [-0.3, -0.25) is 0 Å². The van der Waals surface area contributed by atoms with Gasteiger partial charge in [-0.1, -0.05) is 123 Å². The highest BCUT2D eigenvalue weighted by atomic mass is 16.6. The van der Waals surface area contributed by atoms with E-state index >= 15 is 0 Å². The summed E-state index contributed by atoms with van der Waals surface area (Å²) in [6, 6.07) is 0. The van der Waals surface area contributed by atoms with Crippen molar-refractivity contribution >= 4 is 0 Å². The van der Waals surface area contributed by atoms with Crippen LogP contribution in [0.2, 0.25) is 0 Å². The Morgan fingerprint density at radius 3 is 0.727 bits per heavy atom. The van der Waals surface area contributed by atoms with E-state index in [4.69, 9.17) is 18.9 Å². The molecule has 200 valence electrons. The van der Waals surface area contributed by atoms with Crippen LogP contribution in [-0.2, 0) is 18.9 Å². The lowest BCUT2D eigenvalue weighted by molar-refractivity contribution is -0.00248. The maximum atomic E-state index is 5.66. The molecule has 0 aliphatic carbocycles. The minimum atomic E-state index is 0.638. The summed E-state index contributed by atoms with van der Waals surface area (Å²) in [7, 11) is 0. The predicted octanol–water partition coefficient (Wildman–Crippen LogP) is 8.50. The molecule has 0 aromatic carbocycles. The van der Waals surface area contributed by atoms with Crippen LogP contribution in [-0.4, -0.2) is 52.9 Å². The van der Waals surface area contributed by atoms with Crippen LogP contribution < -0.4 is 0 Å². The van der Waals surface area contributed by atoms with E-state index in [-0.39, 0.29) is 0 Å².